The summed E-state index contributed by atoms with van der Waals surface area (Å²) < 4.78 is 11.0. The van der Waals surface area contributed by atoms with E-state index in [0.29, 0.717) is 10.9 Å². The Bertz CT molecular complexity index is 549. The number of hydrogen-bond acceptors (Lipinski definition) is 4. The van der Waals surface area contributed by atoms with Gasteiger partial charge in [-0.3, -0.25) is 0 Å². The molecule has 0 bridgehead atoms. The van der Waals surface area contributed by atoms with E-state index in [1.165, 1.54) is 12.1 Å². The quantitative estimate of drug-likeness (QED) is 0.772. The summed E-state index contributed by atoms with van der Waals surface area (Å²) in [6.45, 7) is 5.50. The van der Waals surface area contributed by atoms with Gasteiger partial charge in [0.05, 0.1) is 10.0 Å². The SMILES string of the molecule is CC(C)(OC(=O)COc1c(Cl)cc(Cl)cc1Cl)C1CCNCC1. The van der Waals surface area contributed by atoms with Crippen molar-refractivity contribution in [2.24, 2.45) is 5.92 Å². The molecule has 1 heterocycles. The normalized spacial score (nSPS) is 16.2. The van der Waals surface area contributed by atoms with Gasteiger partial charge in [0, 0.05) is 10.9 Å². The number of ether oxygens (including phenoxy) is 2. The second kappa shape index (κ2) is 7.93. The average molecular weight is 381 g/mol. The van der Waals surface area contributed by atoms with Crippen molar-refractivity contribution < 1.29 is 14.3 Å². The zero-order chi connectivity index (χ0) is 17.0. The number of carbonyl (C=O) groups excluding carboxylic acids is 1. The number of hydrogen-bond donors (Lipinski definition) is 1. The van der Waals surface area contributed by atoms with Crippen LogP contribution >= 0.6 is 34.8 Å². The molecule has 4 nitrogen and oxygen atoms in total. The molecule has 1 aliphatic rings. The highest BCUT2D eigenvalue weighted by atomic mass is 35.5. The fraction of sp³-hybridized carbons (Fsp3) is 0.562. The van der Waals surface area contributed by atoms with Crippen molar-refractivity contribution in [3.8, 4) is 5.75 Å². The zero-order valence-corrected chi connectivity index (χ0v) is 15.4. The Kier molecular flexibility index (Phi) is 6.43. The lowest BCUT2D eigenvalue weighted by molar-refractivity contribution is -0.165. The van der Waals surface area contributed by atoms with Crippen LogP contribution in [-0.2, 0) is 9.53 Å². The van der Waals surface area contributed by atoms with Crippen LogP contribution in [0.4, 0.5) is 0 Å². The smallest absolute Gasteiger partial charge is 0.344 e. The Labute approximate surface area is 151 Å². The Morgan fingerprint density at radius 1 is 1.22 bits per heavy atom. The van der Waals surface area contributed by atoms with E-state index >= 15 is 0 Å². The maximum absolute atomic E-state index is 12.1. The highest BCUT2D eigenvalue weighted by Gasteiger charge is 2.34. The van der Waals surface area contributed by atoms with Crippen LogP contribution in [0.5, 0.6) is 5.75 Å². The van der Waals surface area contributed by atoms with Gasteiger partial charge in [-0.1, -0.05) is 34.8 Å². The van der Waals surface area contributed by atoms with Gasteiger partial charge in [-0.05, 0) is 51.9 Å². The van der Waals surface area contributed by atoms with Crippen LogP contribution in [0.3, 0.4) is 0 Å². The zero-order valence-electron chi connectivity index (χ0n) is 13.1. The van der Waals surface area contributed by atoms with E-state index in [1.54, 1.807) is 0 Å². The molecule has 0 radical (unpaired) electrons. The van der Waals surface area contributed by atoms with Crippen molar-refractivity contribution in [3.63, 3.8) is 0 Å². The van der Waals surface area contributed by atoms with Gasteiger partial charge in [-0.25, -0.2) is 4.79 Å². The number of halogens is 3. The van der Waals surface area contributed by atoms with Crippen LogP contribution < -0.4 is 10.1 Å². The molecular weight excluding hydrogens is 361 g/mol. The third kappa shape index (κ3) is 5.15. The van der Waals surface area contributed by atoms with Gasteiger partial charge in [0.1, 0.15) is 5.60 Å². The van der Waals surface area contributed by atoms with Crippen LogP contribution in [0, 0.1) is 5.92 Å². The number of benzene rings is 1. The van der Waals surface area contributed by atoms with Gasteiger partial charge in [0.15, 0.2) is 12.4 Å². The minimum Gasteiger partial charge on any atom is -0.479 e. The Hall–Kier alpha value is -0.680. The summed E-state index contributed by atoms with van der Waals surface area (Å²) in [5.74, 6) is 0.111. The molecule has 0 spiro atoms. The highest BCUT2D eigenvalue weighted by molar-refractivity contribution is 6.40. The Balaban J connectivity index is 1.92. The maximum Gasteiger partial charge on any atom is 0.344 e. The fourth-order valence-electron chi connectivity index (χ4n) is 2.72. The summed E-state index contributed by atoms with van der Waals surface area (Å²) in [7, 11) is 0. The van der Waals surface area contributed by atoms with E-state index in [0.717, 1.165) is 25.9 Å². The topological polar surface area (TPSA) is 47.6 Å². The first-order chi connectivity index (χ1) is 10.8. The van der Waals surface area contributed by atoms with Crippen LogP contribution in [0.15, 0.2) is 12.1 Å². The van der Waals surface area contributed by atoms with Crippen molar-refractivity contribution in [2.75, 3.05) is 19.7 Å². The molecular formula is C16H20Cl3NO3. The summed E-state index contributed by atoms with van der Waals surface area (Å²) in [5.41, 5.74) is -0.532. The van der Waals surface area contributed by atoms with Crippen LogP contribution in [0.2, 0.25) is 15.1 Å². The first kappa shape index (κ1) is 18.7. The minimum absolute atomic E-state index is 0.231. The molecule has 0 atom stereocenters. The first-order valence-corrected chi connectivity index (χ1v) is 8.63. The molecule has 0 unspecified atom stereocenters. The van der Waals surface area contributed by atoms with Crippen LogP contribution in [0.1, 0.15) is 26.7 Å². The number of piperidine rings is 1. The summed E-state index contributed by atoms with van der Waals surface area (Å²) >= 11 is 17.9. The van der Waals surface area contributed by atoms with Crippen molar-refractivity contribution in [1.82, 2.24) is 5.32 Å². The molecule has 0 aliphatic carbocycles. The molecule has 2 rings (SSSR count). The molecule has 0 saturated carbocycles. The van der Waals surface area contributed by atoms with E-state index in [-0.39, 0.29) is 22.4 Å². The maximum atomic E-state index is 12.1. The van der Waals surface area contributed by atoms with Gasteiger partial charge in [0.2, 0.25) is 0 Å². The van der Waals surface area contributed by atoms with Gasteiger partial charge in [0.25, 0.3) is 0 Å². The molecule has 7 heteroatoms. The summed E-state index contributed by atoms with van der Waals surface area (Å²) in [6.07, 6.45) is 1.96. The van der Waals surface area contributed by atoms with E-state index in [9.17, 15) is 4.79 Å². The van der Waals surface area contributed by atoms with Crippen molar-refractivity contribution in [3.05, 3.63) is 27.2 Å². The molecule has 0 aromatic heterocycles. The van der Waals surface area contributed by atoms with E-state index in [1.807, 2.05) is 13.8 Å². The van der Waals surface area contributed by atoms with E-state index in [4.69, 9.17) is 44.3 Å². The monoisotopic (exact) mass is 379 g/mol. The average Bonchev–Trinajstić information content (AvgIpc) is 2.46. The summed E-state index contributed by atoms with van der Waals surface area (Å²) in [4.78, 5) is 12.1. The number of esters is 1. The third-order valence-electron chi connectivity index (χ3n) is 4.00. The van der Waals surface area contributed by atoms with Crippen molar-refractivity contribution >= 4 is 40.8 Å². The minimum atomic E-state index is -0.532. The van der Waals surface area contributed by atoms with Gasteiger partial charge in [-0.2, -0.15) is 0 Å². The summed E-state index contributed by atoms with van der Waals surface area (Å²) in [5, 5.41) is 4.22. The predicted molar refractivity (Wildman–Crippen MR) is 92.7 cm³/mol. The van der Waals surface area contributed by atoms with Crippen molar-refractivity contribution in [1.29, 1.82) is 0 Å². The molecule has 0 amide bonds. The van der Waals surface area contributed by atoms with Gasteiger partial charge < -0.3 is 14.8 Å². The molecule has 1 aromatic carbocycles. The van der Waals surface area contributed by atoms with Crippen molar-refractivity contribution in [2.45, 2.75) is 32.3 Å². The Morgan fingerprint density at radius 2 is 1.78 bits per heavy atom. The highest BCUT2D eigenvalue weighted by Crippen LogP contribution is 2.36. The second-order valence-electron chi connectivity index (χ2n) is 6.09. The molecule has 1 saturated heterocycles. The third-order valence-corrected chi connectivity index (χ3v) is 4.78. The van der Waals surface area contributed by atoms with E-state index in [2.05, 4.69) is 5.32 Å². The largest absolute Gasteiger partial charge is 0.479 e. The first-order valence-electron chi connectivity index (χ1n) is 7.49. The lowest BCUT2D eigenvalue weighted by Gasteiger charge is -2.36. The Morgan fingerprint density at radius 3 is 2.35 bits per heavy atom. The fourth-order valence-corrected chi connectivity index (χ4v) is 3.65. The molecule has 1 aromatic rings. The van der Waals surface area contributed by atoms with Gasteiger partial charge in [-0.15, -0.1) is 0 Å². The lowest BCUT2D eigenvalue weighted by atomic mass is 9.83. The molecule has 23 heavy (non-hydrogen) atoms. The number of nitrogens with one attached hydrogen (secondary N) is 1. The summed E-state index contributed by atoms with van der Waals surface area (Å²) in [6, 6.07) is 3.02. The molecule has 1 fully saturated rings. The lowest BCUT2D eigenvalue weighted by Crippen LogP contribution is -2.43. The molecule has 128 valence electrons. The number of rotatable bonds is 5. The van der Waals surface area contributed by atoms with Gasteiger partial charge >= 0.3 is 5.97 Å². The molecule has 1 aliphatic heterocycles. The standard InChI is InChI=1S/C16H20Cl3NO3/c1-16(2,10-3-5-20-6-4-10)23-14(21)9-22-15-12(18)7-11(17)8-13(15)19/h7-8,10,20H,3-6,9H2,1-2H3. The van der Waals surface area contributed by atoms with E-state index < -0.39 is 11.6 Å². The second-order valence-corrected chi connectivity index (χ2v) is 7.34. The molecule has 1 N–H and O–H groups in total. The van der Waals surface area contributed by atoms with Crippen LogP contribution in [-0.4, -0.2) is 31.3 Å². The van der Waals surface area contributed by atoms with Crippen LogP contribution in [0.25, 0.3) is 0 Å². The number of carbonyl (C=O) groups is 1. The predicted octanol–water partition coefficient (Wildman–Crippen LogP) is 4.35.